The highest BCUT2D eigenvalue weighted by molar-refractivity contribution is 6.11. The highest BCUT2D eigenvalue weighted by Gasteiger charge is 2.23. The van der Waals surface area contributed by atoms with Crippen molar-refractivity contribution < 1.29 is 19.1 Å². The van der Waals surface area contributed by atoms with Gasteiger partial charge in [0, 0.05) is 22.5 Å². The largest absolute Gasteiger partial charge is 0.422 e. The van der Waals surface area contributed by atoms with Crippen LogP contribution in [0.5, 0.6) is 11.5 Å². The van der Waals surface area contributed by atoms with Gasteiger partial charge in [0.1, 0.15) is 11.5 Å². The molecule has 0 aliphatic rings. The summed E-state index contributed by atoms with van der Waals surface area (Å²) >= 11 is 0. The van der Waals surface area contributed by atoms with Gasteiger partial charge in [-0.3, -0.25) is 0 Å². The van der Waals surface area contributed by atoms with Crippen LogP contribution in [0.2, 0.25) is 0 Å². The van der Waals surface area contributed by atoms with Crippen LogP contribution in [0, 0.1) is 0 Å². The number of rotatable bonds is 7. The number of anilines is 2. The van der Waals surface area contributed by atoms with E-state index < -0.39 is 11.9 Å². The number of nitrogens with two attached hydrogens (primary N) is 2. The minimum atomic E-state index is -0.514. The van der Waals surface area contributed by atoms with Crippen LogP contribution >= 0.6 is 0 Å². The summed E-state index contributed by atoms with van der Waals surface area (Å²) in [5, 5.41) is 3.56. The van der Waals surface area contributed by atoms with Gasteiger partial charge in [-0.2, -0.15) is 0 Å². The Bertz CT molecular complexity index is 2410. The van der Waals surface area contributed by atoms with Gasteiger partial charge < -0.3 is 20.9 Å². The number of carbonyl (C=O) groups excluding carboxylic acids is 2. The summed E-state index contributed by atoms with van der Waals surface area (Å²) in [5.74, 6) is -0.346. The van der Waals surface area contributed by atoms with Crippen molar-refractivity contribution in [3.8, 4) is 44.9 Å². The first kappa shape index (κ1) is 32.0. The van der Waals surface area contributed by atoms with Crippen molar-refractivity contribution in [2.75, 3.05) is 11.5 Å². The molecule has 0 aliphatic carbocycles. The Kier molecular flexibility index (Phi) is 8.39. The lowest BCUT2D eigenvalue weighted by Gasteiger charge is -2.19. The maximum atomic E-state index is 13.8. The van der Waals surface area contributed by atoms with Crippen LogP contribution in [-0.2, 0) is 0 Å². The molecule has 250 valence electrons. The monoisotopic (exact) mass is 676 g/mol. The number of esters is 2. The summed E-state index contributed by atoms with van der Waals surface area (Å²) in [6.07, 6.45) is 0. The van der Waals surface area contributed by atoms with Gasteiger partial charge in [0.25, 0.3) is 0 Å². The van der Waals surface area contributed by atoms with Crippen molar-refractivity contribution in [2.45, 2.75) is 0 Å². The lowest BCUT2D eigenvalue weighted by atomic mass is 9.92. The number of hydrogen-bond acceptors (Lipinski definition) is 6. The molecule has 4 N–H and O–H groups in total. The molecule has 6 heteroatoms. The van der Waals surface area contributed by atoms with E-state index in [4.69, 9.17) is 20.9 Å². The Morgan fingerprint density at radius 2 is 0.692 bits per heavy atom. The molecule has 0 radical (unpaired) electrons. The van der Waals surface area contributed by atoms with E-state index in [1.165, 1.54) is 0 Å². The van der Waals surface area contributed by atoms with Gasteiger partial charge >= 0.3 is 11.9 Å². The third kappa shape index (κ3) is 6.32. The SMILES string of the molecule is Nc1ccc(-c2ccc(C(=O)Oc3ccc4ccccc4c3-c3c(OC(=O)c4ccc(-c5ccc(N)cc5)cc4)ccc4ccccc34)cc2)cc1. The van der Waals surface area contributed by atoms with Gasteiger partial charge in [-0.05, 0) is 104 Å². The van der Waals surface area contributed by atoms with Gasteiger partial charge in [0.2, 0.25) is 0 Å². The molecule has 8 rings (SSSR count). The van der Waals surface area contributed by atoms with E-state index in [9.17, 15) is 9.59 Å². The summed E-state index contributed by atoms with van der Waals surface area (Å²) < 4.78 is 12.4. The van der Waals surface area contributed by atoms with Crippen LogP contribution in [0.25, 0.3) is 54.9 Å². The molecule has 0 unspecified atom stereocenters. The van der Waals surface area contributed by atoms with Crippen LogP contribution in [0.15, 0.2) is 170 Å². The molecule has 0 spiro atoms. The first-order valence-corrected chi connectivity index (χ1v) is 16.8. The van der Waals surface area contributed by atoms with E-state index in [1.807, 2.05) is 133 Å². The zero-order valence-corrected chi connectivity index (χ0v) is 28.0. The molecular weight excluding hydrogens is 645 g/mol. The van der Waals surface area contributed by atoms with E-state index in [0.29, 0.717) is 45.1 Å². The first-order valence-electron chi connectivity index (χ1n) is 16.8. The molecule has 0 heterocycles. The Balaban J connectivity index is 1.18. The number of nitrogen functional groups attached to an aromatic ring is 2. The van der Waals surface area contributed by atoms with E-state index in [2.05, 4.69) is 0 Å². The van der Waals surface area contributed by atoms with E-state index in [1.54, 1.807) is 36.4 Å². The van der Waals surface area contributed by atoms with Crippen molar-refractivity contribution in [3.63, 3.8) is 0 Å². The fourth-order valence-corrected chi connectivity index (χ4v) is 6.46. The Morgan fingerprint density at radius 3 is 1.06 bits per heavy atom. The number of fused-ring (bicyclic) bond motifs is 2. The summed E-state index contributed by atoms with van der Waals surface area (Å²) in [4.78, 5) is 27.5. The van der Waals surface area contributed by atoms with Crippen LogP contribution < -0.4 is 20.9 Å². The minimum Gasteiger partial charge on any atom is -0.422 e. The van der Waals surface area contributed by atoms with E-state index in [0.717, 1.165) is 43.8 Å². The topological polar surface area (TPSA) is 105 Å². The van der Waals surface area contributed by atoms with Crippen molar-refractivity contribution in [2.24, 2.45) is 0 Å². The predicted molar refractivity (Wildman–Crippen MR) is 209 cm³/mol. The third-order valence-electron chi connectivity index (χ3n) is 9.17. The van der Waals surface area contributed by atoms with E-state index in [-0.39, 0.29) is 0 Å². The average Bonchev–Trinajstić information content (AvgIpc) is 3.19. The van der Waals surface area contributed by atoms with Gasteiger partial charge in [-0.25, -0.2) is 9.59 Å². The van der Waals surface area contributed by atoms with Crippen LogP contribution in [0.3, 0.4) is 0 Å². The smallest absolute Gasteiger partial charge is 0.343 e. The Morgan fingerprint density at radius 1 is 0.365 bits per heavy atom. The number of benzene rings is 8. The highest BCUT2D eigenvalue weighted by Crippen LogP contribution is 2.46. The molecule has 0 saturated heterocycles. The van der Waals surface area contributed by atoms with E-state index >= 15 is 0 Å². The molecule has 0 aliphatic heterocycles. The van der Waals surface area contributed by atoms with Gasteiger partial charge in [0.05, 0.1) is 11.1 Å². The maximum absolute atomic E-state index is 13.8. The van der Waals surface area contributed by atoms with Gasteiger partial charge in [-0.1, -0.05) is 109 Å². The van der Waals surface area contributed by atoms with Crippen LogP contribution in [0.4, 0.5) is 11.4 Å². The fourth-order valence-electron chi connectivity index (χ4n) is 6.46. The standard InChI is InChI=1S/C46H32N2O4/c47-37-23-17-31(18-24-37)29-9-13-35(14-10-29)45(49)51-41-27-21-33-5-1-3-7-39(33)43(41)44-40-8-4-2-6-34(40)22-28-42(44)52-46(50)36-15-11-30(12-16-36)32-19-25-38(48)26-20-32/h1-28H,47-48H2. The highest BCUT2D eigenvalue weighted by atomic mass is 16.5. The summed E-state index contributed by atoms with van der Waals surface area (Å²) in [5.41, 5.74) is 19.0. The molecule has 8 aromatic rings. The fraction of sp³-hybridized carbons (Fsp3) is 0. The molecule has 0 atom stereocenters. The second-order valence-corrected chi connectivity index (χ2v) is 12.5. The molecule has 0 amide bonds. The molecular formula is C46H32N2O4. The zero-order chi connectivity index (χ0) is 35.6. The zero-order valence-electron chi connectivity index (χ0n) is 28.0. The molecule has 8 aromatic carbocycles. The number of hydrogen-bond donors (Lipinski definition) is 2. The third-order valence-corrected chi connectivity index (χ3v) is 9.17. The number of ether oxygens (including phenoxy) is 2. The summed E-state index contributed by atoms with van der Waals surface area (Å²) in [7, 11) is 0. The number of carbonyl (C=O) groups is 2. The summed E-state index contributed by atoms with van der Waals surface area (Å²) in [6.45, 7) is 0. The molecule has 0 bridgehead atoms. The molecule has 0 saturated carbocycles. The van der Waals surface area contributed by atoms with Crippen molar-refractivity contribution >= 4 is 44.9 Å². The lowest BCUT2D eigenvalue weighted by molar-refractivity contribution is 0.0723. The normalized spacial score (nSPS) is 11.0. The van der Waals surface area contributed by atoms with Crippen LogP contribution in [0.1, 0.15) is 20.7 Å². The summed E-state index contributed by atoms with van der Waals surface area (Å²) in [6, 6.07) is 52.8. The van der Waals surface area contributed by atoms with Gasteiger partial charge in [0.15, 0.2) is 0 Å². The van der Waals surface area contributed by atoms with Crippen molar-refractivity contribution in [1.29, 1.82) is 0 Å². The first-order chi connectivity index (χ1) is 25.4. The van der Waals surface area contributed by atoms with Crippen molar-refractivity contribution in [3.05, 3.63) is 181 Å². The second kappa shape index (κ2) is 13.6. The molecule has 0 aromatic heterocycles. The minimum absolute atomic E-state index is 0.341. The predicted octanol–water partition coefficient (Wildman–Crippen LogP) is 10.6. The Labute approximate surface area is 300 Å². The second-order valence-electron chi connectivity index (χ2n) is 12.5. The quantitative estimate of drug-likeness (QED) is 0.0989. The average molecular weight is 677 g/mol. The lowest BCUT2D eigenvalue weighted by Crippen LogP contribution is -2.11. The molecule has 0 fully saturated rings. The van der Waals surface area contributed by atoms with Crippen LogP contribution in [-0.4, -0.2) is 11.9 Å². The Hall–Kier alpha value is -7.18. The maximum Gasteiger partial charge on any atom is 0.343 e. The van der Waals surface area contributed by atoms with Gasteiger partial charge in [-0.15, -0.1) is 0 Å². The van der Waals surface area contributed by atoms with Crippen molar-refractivity contribution in [1.82, 2.24) is 0 Å². The molecule has 52 heavy (non-hydrogen) atoms. The molecule has 6 nitrogen and oxygen atoms in total.